The normalized spacial score (nSPS) is 10.4. The second-order valence-electron chi connectivity index (χ2n) is 6.48. The number of carbonyl (C=O) groups is 2. The van der Waals surface area contributed by atoms with Gasteiger partial charge in [0.15, 0.2) is 11.5 Å². The maximum absolute atomic E-state index is 12.9. The lowest BCUT2D eigenvalue weighted by Crippen LogP contribution is -2.35. The van der Waals surface area contributed by atoms with Crippen LogP contribution in [0.2, 0.25) is 5.02 Å². The molecular formula is C22H26ClFN2O4. The lowest BCUT2D eigenvalue weighted by atomic mass is 10.1. The van der Waals surface area contributed by atoms with E-state index >= 15 is 0 Å². The van der Waals surface area contributed by atoms with Crippen molar-refractivity contribution in [2.45, 2.75) is 26.7 Å². The maximum Gasteiger partial charge on any atom is 0.251 e. The molecule has 162 valence electrons. The molecule has 0 aliphatic carbocycles. The average molecular weight is 437 g/mol. The van der Waals surface area contributed by atoms with Gasteiger partial charge in [-0.3, -0.25) is 9.59 Å². The van der Waals surface area contributed by atoms with E-state index in [0.29, 0.717) is 40.9 Å². The fraction of sp³-hybridized carbons (Fsp3) is 0.364. The summed E-state index contributed by atoms with van der Waals surface area (Å²) in [7, 11) is 0. The molecule has 2 amide bonds. The minimum Gasteiger partial charge on any atom is -0.490 e. The van der Waals surface area contributed by atoms with Crippen LogP contribution in [0.5, 0.6) is 11.5 Å². The molecule has 2 aromatic carbocycles. The van der Waals surface area contributed by atoms with Crippen LogP contribution in [0.1, 0.15) is 36.2 Å². The summed E-state index contributed by atoms with van der Waals surface area (Å²) in [5.74, 6) is -0.0664. The Kier molecular flexibility index (Phi) is 9.41. The molecule has 0 aliphatic heterocycles. The number of hydrogen-bond acceptors (Lipinski definition) is 4. The fourth-order valence-corrected chi connectivity index (χ4v) is 2.90. The SMILES string of the molecule is CCCOc1c(Cl)cc(C(=O)NCCNC(=O)Cc2ccc(F)cc2)cc1OCC. The van der Waals surface area contributed by atoms with Crippen molar-refractivity contribution in [1.82, 2.24) is 10.6 Å². The van der Waals surface area contributed by atoms with Crippen LogP contribution in [0.25, 0.3) is 0 Å². The second-order valence-corrected chi connectivity index (χ2v) is 6.88. The van der Waals surface area contributed by atoms with Gasteiger partial charge in [-0.2, -0.15) is 0 Å². The minimum absolute atomic E-state index is 0.140. The van der Waals surface area contributed by atoms with Crippen LogP contribution in [-0.4, -0.2) is 38.1 Å². The Balaban J connectivity index is 1.86. The van der Waals surface area contributed by atoms with E-state index in [1.807, 2.05) is 13.8 Å². The van der Waals surface area contributed by atoms with E-state index < -0.39 is 0 Å². The van der Waals surface area contributed by atoms with Crippen LogP contribution in [-0.2, 0) is 11.2 Å². The first-order valence-corrected chi connectivity index (χ1v) is 10.2. The van der Waals surface area contributed by atoms with E-state index in [-0.39, 0.29) is 37.1 Å². The highest BCUT2D eigenvalue weighted by Gasteiger charge is 2.16. The second kappa shape index (κ2) is 12.0. The quantitative estimate of drug-likeness (QED) is 0.526. The molecule has 6 nitrogen and oxygen atoms in total. The molecule has 0 atom stereocenters. The molecule has 0 aromatic heterocycles. The maximum atomic E-state index is 12.9. The van der Waals surface area contributed by atoms with Crippen molar-refractivity contribution in [2.75, 3.05) is 26.3 Å². The van der Waals surface area contributed by atoms with Gasteiger partial charge >= 0.3 is 0 Å². The van der Waals surface area contributed by atoms with E-state index in [9.17, 15) is 14.0 Å². The van der Waals surface area contributed by atoms with Gasteiger partial charge in [0.2, 0.25) is 5.91 Å². The topological polar surface area (TPSA) is 76.7 Å². The summed E-state index contributed by atoms with van der Waals surface area (Å²) >= 11 is 6.27. The van der Waals surface area contributed by atoms with E-state index in [2.05, 4.69) is 10.6 Å². The molecule has 0 spiro atoms. The molecule has 0 radical (unpaired) electrons. The average Bonchev–Trinajstić information content (AvgIpc) is 2.72. The zero-order valence-electron chi connectivity index (χ0n) is 17.1. The third-order valence-corrected chi connectivity index (χ3v) is 4.31. The van der Waals surface area contributed by atoms with Crippen molar-refractivity contribution in [3.05, 3.63) is 58.4 Å². The Hall–Kier alpha value is -2.80. The van der Waals surface area contributed by atoms with Gasteiger partial charge < -0.3 is 20.1 Å². The first-order chi connectivity index (χ1) is 14.4. The third-order valence-electron chi connectivity index (χ3n) is 4.03. The lowest BCUT2D eigenvalue weighted by Gasteiger charge is -2.15. The van der Waals surface area contributed by atoms with Crippen molar-refractivity contribution >= 4 is 23.4 Å². The van der Waals surface area contributed by atoms with Gasteiger partial charge in [-0.05, 0) is 43.2 Å². The third kappa shape index (κ3) is 7.22. The number of rotatable bonds is 11. The molecule has 2 rings (SSSR count). The number of hydrogen-bond donors (Lipinski definition) is 2. The number of ether oxygens (including phenoxy) is 2. The van der Waals surface area contributed by atoms with Crippen LogP contribution in [0.4, 0.5) is 4.39 Å². The van der Waals surface area contributed by atoms with Gasteiger partial charge in [0.1, 0.15) is 5.82 Å². The highest BCUT2D eigenvalue weighted by atomic mass is 35.5. The first kappa shape index (κ1) is 23.5. The predicted octanol–water partition coefficient (Wildman–Crippen LogP) is 3.76. The lowest BCUT2D eigenvalue weighted by molar-refractivity contribution is -0.120. The van der Waals surface area contributed by atoms with Gasteiger partial charge in [-0.1, -0.05) is 30.7 Å². The summed E-state index contributed by atoms with van der Waals surface area (Å²) in [5, 5.41) is 5.73. The minimum atomic E-state index is -0.348. The molecule has 0 heterocycles. The summed E-state index contributed by atoms with van der Waals surface area (Å²) in [6.45, 7) is 5.21. The van der Waals surface area contributed by atoms with Crippen molar-refractivity contribution in [3.63, 3.8) is 0 Å². The fourth-order valence-electron chi connectivity index (χ4n) is 2.64. The summed E-state index contributed by atoms with van der Waals surface area (Å²) in [5.41, 5.74) is 1.05. The van der Waals surface area contributed by atoms with E-state index in [1.165, 1.54) is 18.2 Å². The number of halogens is 2. The van der Waals surface area contributed by atoms with Gasteiger partial charge in [-0.25, -0.2) is 4.39 Å². The molecule has 0 bridgehead atoms. The Bertz CT molecular complexity index is 859. The zero-order valence-corrected chi connectivity index (χ0v) is 17.9. The van der Waals surface area contributed by atoms with Crippen molar-refractivity contribution in [2.24, 2.45) is 0 Å². The van der Waals surface area contributed by atoms with Gasteiger partial charge in [0, 0.05) is 18.7 Å². The Morgan fingerprint density at radius 3 is 2.40 bits per heavy atom. The molecule has 30 heavy (non-hydrogen) atoms. The highest BCUT2D eigenvalue weighted by molar-refractivity contribution is 6.32. The van der Waals surface area contributed by atoms with Gasteiger partial charge in [0.25, 0.3) is 5.91 Å². The predicted molar refractivity (Wildman–Crippen MR) is 114 cm³/mol. The highest BCUT2D eigenvalue weighted by Crippen LogP contribution is 2.36. The summed E-state index contributed by atoms with van der Waals surface area (Å²) in [4.78, 5) is 24.4. The van der Waals surface area contributed by atoms with Crippen LogP contribution in [0.3, 0.4) is 0 Å². The van der Waals surface area contributed by atoms with Crippen LogP contribution in [0.15, 0.2) is 36.4 Å². The standard InChI is InChI=1S/C22H26ClFN2O4/c1-3-11-30-21-18(23)13-16(14-19(21)29-4-2)22(28)26-10-9-25-20(27)12-15-5-7-17(24)8-6-15/h5-8,13-14H,3-4,9-12H2,1-2H3,(H,25,27)(H,26,28). The number of benzene rings is 2. The van der Waals surface area contributed by atoms with Crippen LogP contribution in [0, 0.1) is 5.82 Å². The number of amides is 2. The smallest absolute Gasteiger partial charge is 0.251 e. The Labute approximate surface area is 180 Å². The molecule has 0 aliphatic rings. The molecule has 2 aromatic rings. The Morgan fingerprint density at radius 2 is 1.73 bits per heavy atom. The van der Waals surface area contributed by atoms with Crippen molar-refractivity contribution in [1.29, 1.82) is 0 Å². The summed E-state index contributed by atoms with van der Waals surface area (Å²) in [6.07, 6.45) is 0.956. The Morgan fingerprint density at radius 1 is 1.03 bits per heavy atom. The van der Waals surface area contributed by atoms with E-state index in [4.69, 9.17) is 21.1 Å². The summed E-state index contributed by atoms with van der Waals surface area (Å²) < 4.78 is 24.1. The number of carbonyl (C=O) groups excluding carboxylic acids is 2. The van der Waals surface area contributed by atoms with E-state index in [1.54, 1.807) is 18.2 Å². The molecule has 0 fully saturated rings. The summed E-state index contributed by atoms with van der Waals surface area (Å²) in [6, 6.07) is 8.85. The molecule has 0 saturated heterocycles. The molecule has 0 saturated carbocycles. The van der Waals surface area contributed by atoms with Gasteiger partial charge in [0.05, 0.1) is 24.7 Å². The first-order valence-electron chi connectivity index (χ1n) is 9.83. The monoisotopic (exact) mass is 436 g/mol. The van der Waals surface area contributed by atoms with E-state index in [0.717, 1.165) is 6.42 Å². The molecule has 8 heteroatoms. The van der Waals surface area contributed by atoms with Crippen LogP contribution < -0.4 is 20.1 Å². The molecular weight excluding hydrogens is 411 g/mol. The molecule has 2 N–H and O–H groups in total. The largest absolute Gasteiger partial charge is 0.490 e. The number of nitrogens with one attached hydrogen (secondary N) is 2. The van der Waals surface area contributed by atoms with Crippen molar-refractivity contribution < 1.29 is 23.5 Å². The van der Waals surface area contributed by atoms with Gasteiger partial charge in [-0.15, -0.1) is 0 Å². The van der Waals surface area contributed by atoms with Crippen LogP contribution >= 0.6 is 11.6 Å². The molecule has 0 unspecified atom stereocenters. The zero-order chi connectivity index (χ0) is 21.9. The van der Waals surface area contributed by atoms with Crippen molar-refractivity contribution in [3.8, 4) is 11.5 Å².